The number of aliphatic carboxylic acids is 1. The van der Waals surface area contributed by atoms with Gasteiger partial charge in [-0.05, 0) is 42.5 Å². The highest BCUT2D eigenvalue weighted by Crippen LogP contribution is 2.25. The van der Waals surface area contributed by atoms with Gasteiger partial charge < -0.3 is 40.4 Å². The number of rotatable bonds is 24. The monoisotopic (exact) mass is 750 g/mol. The van der Waals surface area contributed by atoms with E-state index >= 15 is 0 Å². The molecule has 15 nitrogen and oxygen atoms in total. The van der Waals surface area contributed by atoms with Crippen LogP contribution in [0.3, 0.4) is 0 Å². The van der Waals surface area contributed by atoms with E-state index in [-0.39, 0.29) is 37.0 Å². The highest BCUT2D eigenvalue weighted by atomic mass is 16.5. The van der Waals surface area contributed by atoms with Crippen LogP contribution in [-0.2, 0) is 41.7 Å². The van der Waals surface area contributed by atoms with Crippen molar-refractivity contribution in [3.63, 3.8) is 0 Å². The second kappa shape index (κ2) is 21.9. The van der Waals surface area contributed by atoms with E-state index < -0.39 is 17.8 Å². The molecule has 3 heterocycles. The Morgan fingerprint density at radius 3 is 2.43 bits per heavy atom. The number of carbonyl (C=O) groups excluding carboxylic acids is 3. The number of nitrogen functional groups attached to an aromatic ring is 1. The minimum Gasteiger partial charge on any atom is -0.481 e. The summed E-state index contributed by atoms with van der Waals surface area (Å²) in [5.74, 6) is -1.21. The number of hydrogen-bond acceptors (Lipinski definition) is 11. The van der Waals surface area contributed by atoms with Gasteiger partial charge in [-0.2, -0.15) is 4.98 Å². The second-order valence-electron chi connectivity index (χ2n) is 14.0. The van der Waals surface area contributed by atoms with Gasteiger partial charge in [-0.1, -0.05) is 44.9 Å². The number of anilines is 2. The predicted octanol–water partition coefficient (Wildman–Crippen LogP) is 3.62. The molecule has 1 saturated heterocycles. The number of benzene rings is 1. The fraction of sp³-hybridized carbons (Fsp3) is 0.590. The lowest BCUT2D eigenvalue weighted by Crippen LogP contribution is -2.48. The third-order valence-corrected chi connectivity index (χ3v) is 9.54. The van der Waals surface area contributed by atoms with Crippen LogP contribution in [0.15, 0.2) is 30.5 Å². The molecule has 0 spiro atoms. The van der Waals surface area contributed by atoms with E-state index in [1.54, 1.807) is 0 Å². The van der Waals surface area contributed by atoms with Gasteiger partial charge in [-0.15, -0.1) is 0 Å². The zero-order valence-electron chi connectivity index (χ0n) is 32.1. The number of aryl methyl sites for hydroxylation is 1. The van der Waals surface area contributed by atoms with E-state index in [9.17, 15) is 19.2 Å². The number of ether oxygens (including phenoxy) is 2. The van der Waals surface area contributed by atoms with Gasteiger partial charge in [-0.25, -0.2) is 4.98 Å². The summed E-state index contributed by atoms with van der Waals surface area (Å²) < 4.78 is 13.3. The average Bonchev–Trinajstić information content (AvgIpc) is 3.54. The Morgan fingerprint density at radius 2 is 1.70 bits per heavy atom. The lowest BCUT2D eigenvalue weighted by molar-refractivity contribution is -0.140. The molecule has 296 valence electrons. The fourth-order valence-corrected chi connectivity index (χ4v) is 6.41. The number of carboxylic acids is 1. The largest absolute Gasteiger partial charge is 0.481 e. The third-order valence-electron chi connectivity index (χ3n) is 9.54. The third kappa shape index (κ3) is 13.7. The van der Waals surface area contributed by atoms with Crippen LogP contribution in [0.25, 0.3) is 11.0 Å². The van der Waals surface area contributed by atoms with Crippen molar-refractivity contribution in [3.8, 4) is 0 Å². The number of nitrogens with one attached hydrogen (secondary N) is 2. The van der Waals surface area contributed by atoms with Gasteiger partial charge in [0, 0.05) is 71.0 Å². The van der Waals surface area contributed by atoms with Crippen LogP contribution >= 0.6 is 0 Å². The molecule has 1 unspecified atom stereocenters. The molecule has 1 aliphatic rings. The van der Waals surface area contributed by atoms with Crippen LogP contribution in [0.5, 0.6) is 0 Å². The van der Waals surface area contributed by atoms with Crippen LogP contribution in [0, 0.1) is 12.8 Å². The summed E-state index contributed by atoms with van der Waals surface area (Å²) in [5.41, 5.74) is 11.5. The molecular formula is C39H58N8O7. The lowest BCUT2D eigenvalue weighted by atomic mass is 10.0. The number of unbranched alkanes of at least 4 members (excludes halogenated alkanes) is 2. The van der Waals surface area contributed by atoms with Gasteiger partial charge in [0.25, 0.3) is 0 Å². The van der Waals surface area contributed by atoms with E-state index in [4.69, 9.17) is 20.3 Å². The maximum Gasteiger partial charge on any atom is 0.304 e. The van der Waals surface area contributed by atoms with Crippen molar-refractivity contribution in [3.05, 3.63) is 47.2 Å². The summed E-state index contributed by atoms with van der Waals surface area (Å²) in [6.07, 6.45) is 6.24. The number of fused-ring (bicyclic) bond motifs is 1. The van der Waals surface area contributed by atoms with E-state index in [1.807, 2.05) is 17.2 Å². The Labute approximate surface area is 318 Å². The Kier molecular flexibility index (Phi) is 17.1. The highest BCUT2D eigenvalue weighted by Gasteiger charge is 2.21. The number of ketones is 1. The van der Waals surface area contributed by atoms with Gasteiger partial charge >= 0.3 is 5.97 Å². The second-order valence-corrected chi connectivity index (χ2v) is 14.0. The average molecular weight is 751 g/mol. The summed E-state index contributed by atoms with van der Waals surface area (Å²) in [5, 5.41) is 14.7. The molecule has 0 bridgehead atoms. The summed E-state index contributed by atoms with van der Waals surface area (Å²) >= 11 is 0. The molecule has 3 aromatic rings. The number of nitrogens with two attached hydrogens (primary N) is 1. The van der Waals surface area contributed by atoms with E-state index in [1.165, 1.54) is 23.6 Å². The van der Waals surface area contributed by atoms with Crippen LogP contribution < -0.4 is 16.4 Å². The van der Waals surface area contributed by atoms with E-state index in [0.717, 1.165) is 62.3 Å². The molecule has 0 radical (unpaired) electrons. The molecular weight excluding hydrogens is 692 g/mol. The van der Waals surface area contributed by atoms with Crippen molar-refractivity contribution in [2.24, 2.45) is 5.92 Å². The Balaban J connectivity index is 1.09. The predicted molar refractivity (Wildman–Crippen MR) is 207 cm³/mol. The minimum absolute atomic E-state index is 0.0867. The van der Waals surface area contributed by atoms with Gasteiger partial charge in [0.05, 0.1) is 44.7 Å². The fourth-order valence-electron chi connectivity index (χ4n) is 6.41. The van der Waals surface area contributed by atoms with Crippen LogP contribution in [-0.4, -0.2) is 119 Å². The summed E-state index contributed by atoms with van der Waals surface area (Å²) in [6, 6.07) is 8.65. The van der Waals surface area contributed by atoms with Gasteiger partial charge in [0.15, 0.2) is 11.6 Å². The van der Waals surface area contributed by atoms with Crippen LogP contribution in [0.2, 0.25) is 0 Å². The quantitative estimate of drug-likeness (QED) is 0.0974. The first-order valence-electron chi connectivity index (χ1n) is 19.2. The highest BCUT2D eigenvalue weighted by molar-refractivity contribution is 5.89. The molecule has 1 aromatic carbocycles. The number of carbonyl (C=O) groups is 4. The minimum atomic E-state index is -1.06. The Hall–Kier alpha value is -4.60. The maximum absolute atomic E-state index is 12.8. The lowest BCUT2D eigenvalue weighted by Gasteiger charge is -2.35. The normalized spacial score (nSPS) is 13.9. The Bertz CT molecular complexity index is 1690. The summed E-state index contributed by atoms with van der Waals surface area (Å²) in [7, 11) is 0. The molecule has 15 heteroatoms. The molecule has 1 atom stereocenters. The van der Waals surface area contributed by atoms with Gasteiger partial charge in [0.2, 0.25) is 17.8 Å². The van der Waals surface area contributed by atoms with Crippen molar-refractivity contribution in [2.45, 2.75) is 78.8 Å². The summed E-state index contributed by atoms with van der Waals surface area (Å²) in [6.45, 7) is 12.5. The number of amides is 2. The zero-order valence-corrected chi connectivity index (χ0v) is 32.1. The van der Waals surface area contributed by atoms with Crippen molar-refractivity contribution >= 4 is 46.4 Å². The topological polar surface area (TPSA) is 194 Å². The number of piperazine rings is 1. The summed E-state index contributed by atoms with van der Waals surface area (Å²) in [4.78, 5) is 60.5. The maximum atomic E-state index is 12.8. The number of hydrogen-bond donors (Lipinski definition) is 4. The zero-order chi connectivity index (χ0) is 38.9. The van der Waals surface area contributed by atoms with Crippen molar-refractivity contribution in [1.29, 1.82) is 0 Å². The number of Topliss-reactive ketones (excluding diaryl/α,β-unsaturated/α-hetero) is 1. The number of carboxylic acid groups (broad SMARTS) is 1. The number of nitrogens with zero attached hydrogens (tertiary/aromatic N) is 5. The van der Waals surface area contributed by atoms with Crippen molar-refractivity contribution in [2.75, 3.05) is 76.7 Å². The molecule has 1 fully saturated rings. The first-order chi connectivity index (χ1) is 26.0. The van der Waals surface area contributed by atoms with Gasteiger partial charge in [0.1, 0.15) is 5.52 Å². The molecule has 2 aromatic heterocycles. The van der Waals surface area contributed by atoms with Crippen molar-refractivity contribution < 1.29 is 33.8 Å². The molecule has 1 aliphatic heterocycles. The number of aromatic nitrogens is 3. The van der Waals surface area contributed by atoms with Crippen molar-refractivity contribution in [1.82, 2.24) is 29.7 Å². The molecule has 5 N–H and O–H groups in total. The molecule has 0 saturated carbocycles. The smallest absolute Gasteiger partial charge is 0.304 e. The first-order valence-corrected chi connectivity index (χ1v) is 19.2. The van der Waals surface area contributed by atoms with Gasteiger partial charge in [-0.3, -0.25) is 24.1 Å². The molecule has 54 heavy (non-hydrogen) atoms. The molecule has 4 rings (SSSR count). The van der Waals surface area contributed by atoms with E-state index in [2.05, 4.69) is 62.1 Å². The van der Waals surface area contributed by atoms with Crippen LogP contribution in [0.1, 0.15) is 75.5 Å². The van der Waals surface area contributed by atoms with Crippen LogP contribution in [0.4, 0.5) is 11.8 Å². The standard InChI is InChI=1S/C39H58N8O7/c1-4-5-6-13-41-37-36-33(43-39(40)44-37)11-14-47(36)27-31-10-9-30(23-28(31)2)26-45-15-17-46(18-16-45)34(49)12-20-54-22-21-53-19-7-8-32(48)25-42-38(52)29(3)24-35(50)51/h9-11,14,23,29H,4-8,12-13,15-22,24-27H2,1-3H3,(H,42,52)(H,50,51)(H3,40,41,43,44). The van der Waals surface area contributed by atoms with E-state index in [0.29, 0.717) is 58.9 Å². The SMILES string of the molecule is CCCCCNc1nc(N)nc2ccn(Cc3ccc(CN4CCN(C(=O)CCOCCOCCCC(=O)CNC(=O)C(C)CC(=O)O)CC4)cc3C)c12. The molecule has 2 amide bonds. The Morgan fingerprint density at radius 1 is 0.944 bits per heavy atom. The molecule has 0 aliphatic carbocycles. The first kappa shape index (κ1) is 42.1.